The van der Waals surface area contributed by atoms with Crippen LogP contribution in [0.3, 0.4) is 0 Å². The Morgan fingerprint density at radius 3 is 2.63 bits per heavy atom. The van der Waals surface area contributed by atoms with Crippen molar-refractivity contribution in [2.75, 3.05) is 7.11 Å². The second-order valence-electron chi connectivity index (χ2n) is 4.71. The third kappa shape index (κ3) is 3.55. The Morgan fingerprint density at radius 1 is 1.11 bits per heavy atom. The number of pyridine rings is 1. The highest BCUT2D eigenvalue weighted by molar-refractivity contribution is 5.36. The van der Waals surface area contributed by atoms with Crippen LogP contribution in [0.5, 0.6) is 5.75 Å². The average Bonchev–Trinajstić information content (AvgIpc) is 2.41. The predicted molar refractivity (Wildman–Crippen MR) is 77.2 cm³/mol. The summed E-state index contributed by atoms with van der Waals surface area (Å²) in [7, 11) is 1.70. The number of benzene rings is 1. The molecule has 0 aliphatic rings. The Balaban J connectivity index is 1.93. The van der Waals surface area contributed by atoms with E-state index in [-0.39, 0.29) is 0 Å². The first-order valence-electron chi connectivity index (χ1n) is 6.44. The van der Waals surface area contributed by atoms with Gasteiger partial charge in [0.05, 0.1) is 7.11 Å². The number of nitrogens with one attached hydrogen (secondary N) is 1. The minimum absolute atomic E-state index is 0.838. The van der Waals surface area contributed by atoms with Crippen LogP contribution in [0.15, 0.2) is 36.7 Å². The Kier molecular flexibility index (Phi) is 4.53. The Hall–Kier alpha value is -1.87. The van der Waals surface area contributed by atoms with Gasteiger partial charge in [-0.25, -0.2) is 0 Å². The number of nitrogens with zero attached hydrogens (tertiary/aromatic N) is 1. The summed E-state index contributed by atoms with van der Waals surface area (Å²) in [5.74, 6) is 0.937. The molecule has 2 aromatic rings. The van der Waals surface area contributed by atoms with E-state index in [0.29, 0.717) is 0 Å². The van der Waals surface area contributed by atoms with Crippen LogP contribution in [-0.2, 0) is 13.1 Å². The van der Waals surface area contributed by atoms with Gasteiger partial charge in [-0.15, -0.1) is 0 Å². The Labute approximate surface area is 114 Å². The zero-order chi connectivity index (χ0) is 13.7. The van der Waals surface area contributed by atoms with E-state index >= 15 is 0 Å². The van der Waals surface area contributed by atoms with Gasteiger partial charge in [-0.3, -0.25) is 4.98 Å². The largest absolute Gasteiger partial charge is 0.496 e. The molecule has 1 aromatic carbocycles. The SMILES string of the molecule is COc1ccc(CNCc2cnccc2C)cc1C. The van der Waals surface area contributed by atoms with Crippen LogP contribution in [0.2, 0.25) is 0 Å². The first-order valence-corrected chi connectivity index (χ1v) is 6.44. The summed E-state index contributed by atoms with van der Waals surface area (Å²) in [4.78, 5) is 4.15. The number of ether oxygens (including phenoxy) is 1. The first-order chi connectivity index (χ1) is 9.20. The molecule has 1 aromatic heterocycles. The van der Waals surface area contributed by atoms with E-state index in [0.717, 1.165) is 18.8 Å². The minimum Gasteiger partial charge on any atom is -0.496 e. The molecule has 2 rings (SSSR count). The fourth-order valence-electron chi connectivity index (χ4n) is 2.07. The van der Waals surface area contributed by atoms with Crippen LogP contribution in [0, 0.1) is 13.8 Å². The van der Waals surface area contributed by atoms with Gasteiger partial charge in [0, 0.05) is 25.5 Å². The fraction of sp³-hybridized carbons (Fsp3) is 0.312. The molecular formula is C16H20N2O. The molecule has 0 fully saturated rings. The summed E-state index contributed by atoms with van der Waals surface area (Å²) in [6.45, 7) is 5.85. The molecule has 0 atom stereocenters. The van der Waals surface area contributed by atoms with Gasteiger partial charge in [0.1, 0.15) is 5.75 Å². The first kappa shape index (κ1) is 13.6. The van der Waals surface area contributed by atoms with E-state index in [9.17, 15) is 0 Å². The van der Waals surface area contributed by atoms with Crippen molar-refractivity contribution in [1.29, 1.82) is 0 Å². The molecule has 0 spiro atoms. The number of rotatable bonds is 5. The molecule has 0 aliphatic carbocycles. The van der Waals surface area contributed by atoms with Crippen molar-refractivity contribution >= 4 is 0 Å². The van der Waals surface area contributed by atoms with Crippen LogP contribution in [0.4, 0.5) is 0 Å². The lowest BCUT2D eigenvalue weighted by Gasteiger charge is -2.09. The highest BCUT2D eigenvalue weighted by atomic mass is 16.5. The topological polar surface area (TPSA) is 34.1 Å². The molecule has 0 radical (unpaired) electrons. The van der Waals surface area contributed by atoms with Crippen molar-refractivity contribution in [1.82, 2.24) is 10.3 Å². The van der Waals surface area contributed by atoms with Gasteiger partial charge in [0.25, 0.3) is 0 Å². The number of hydrogen-bond acceptors (Lipinski definition) is 3. The summed E-state index contributed by atoms with van der Waals surface area (Å²) >= 11 is 0. The molecule has 1 heterocycles. The van der Waals surface area contributed by atoms with Crippen molar-refractivity contribution in [3.05, 3.63) is 58.9 Å². The summed E-state index contributed by atoms with van der Waals surface area (Å²) in [6, 6.07) is 8.30. The molecule has 0 unspecified atom stereocenters. The van der Waals surface area contributed by atoms with Gasteiger partial charge in [-0.2, -0.15) is 0 Å². The molecule has 0 saturated carbocycles. The van der Waals surface area contributed by atoms with Crippen molar-refractivity contribution in [3.8, 4) is 5.75 Å². The van der Waals surface area contributed by atoms with Crippen LogP contribution >= 0.6 is 0 Å². The molecular weight excluding hydrogens is 236 g/mol. The molecule has 0 aliphatic heterocycles. The minimum atomic E-state index is 0.838. The van der Waals surface area contributed by atoms with Crippen molar-refractivity contribution < 1.29 is 4.74 Å². The van der Waals surface area contributed by atoms with Crippen molar-refractivity contribution in [2.24, 2.45) is 0 Å². The maximum absolute atomic E-state index is 5.26. The van der Waals surface area contributed by atoms with E-state index in [1.807, 2.05) is 24.5 Å². The molecule has 19 heavy (non-hydrogen) atoms. The van der Waals surface area contributed by atoms with Crippen LogP contribution in [0.1, 0.15) is 22.3 Å². The predicted octanol–water partition coefficient (Wildman–Crippen LogP) is 3.00. The molecule has 0 saturated heterocycles. The molecule has 3 heteroatoms. The maximum atomic E-state index is 5.26. The van der Waals surface area contributed by atoms with Crippen molar-refractivity contribution in [2.45, 2.75) is 26.9 Å². The molecule has 100 valence electrons. The molecule has 1 N–H and O–H groups in total. The smallest absolute Gasteiger partial charge is 0.121 e. The summed E-state index contributed by atoms with van der Waals surface area (Å²) in [5, 5.41) is 3.44. The third-order valence-electron chi connectivity index (χ3n) is 3.25. The summed E-state index contributed by atoms with van der Waals surface area (Å²) in [5.41, 5.74) is 4.94. The van der Waals surface area contributed by atoms with Crippen LogP contribution in [-0.4, -0.2) is 12.1 Å². The number of aromatic nitrogens is 1. The lowest BCUT2D eigenvalue weighted by molar-refractivity contribution is 0.411. The zero-order valence-electron chi connectivity index (χ0n) is 11.7. The van der Waals surface area contributed by atoms with Crippen molar-refractivity contribution in [3.63, 3.8) is 0 Å². The van der Waals surface area contributed by atoms with E-state index in [4.69, 9.17) is 4.74 Å². The number of aryl methyl sites for hydroxylation is 2. The van der Waals surface area contributed by atoms with Gasteiger partial charge in [0.15, 0.2) is 0 Å². The maximum Gasteiger partial charge on any atom is 0.121 e. The zero-order valence-corrected chi connectivity index (χ0v) is 11.7. The third-order valence-corrected chi connectivity index (χ3v) is 3.25. The van der Waals surface area contributed by atoms with Gasteiger partial charge < -0.3 is 10.1 Å². The Morgan fingerprint density at radius 2 is 1.95 bits per heavy atom. The lowest BCUT2D eigenvalue weighted by Crippen LogP contribution is -2.13. The van der Waals surface area contributed by atoms with Gasteiger partial charge in [0.2, 0.25) is 0 Å². The number of methoxy groups -OCH3 is 1. The second-order valence-corrected chi connectivity index (χ2v) is 4.71. The van der Waals surface area contributed by atoms with Crippen LogP contribution in [0.25, 0.3) is 0 Å². The van der Waals surface area contributed by atoms with E-state index in [2.05, 4.69) is 36.3 Å². The van der Waals surface area contributed by atoms with Gasteiger partial charge >= 0.3 is 0 Å². The van der Waals surface area contributed by atoms with Gasteiger partial charge in [-0.1, -0.05) is 12.1 Å². The fourth-order valence-corrected chi connectivity index (χ4v) is 2.07. The molecule has 0 amide bonds. The van der Waals surface area contributed by atoms with E-state index < -0.39 is 0 Å². The quantitative estimate of drug-likeness (QED) is 0.893. The normalized spacial score (nSPS) is 10.5. The summed E-state index contributed by atoms with van der Waals surface area (Å²) < 4.78 is 5.26. The standard InChI is InChI=1S/C16H20N2O/c1-12-6-7-17-10-15(12)11-18-9-14-4-5-16(19-3)13(2)8-14/h4-8,10,18H,9,11H2,1-3H3. The molecule has 0 bridgehead atoms. The van der Waals surface area contributed by atoms with E-state index in [1.54, 1.807) is 7.11 Å². The monoisotopic (exact) mass is 256 g/mol. The molecule has 3 nitrogen and oxygen atoms in total. The summed E-state index contributed by atoms with van der Waals surface area (Å²) in [6.07, 6.45) is 3.74. The van der Waals surface area contributed by atoms with E-state index in [1.165, 1.54) is 22.3 Å². The number of hydrogen-bond donors (Lipinski definition) is 1. The lowest BCUT2D eigenvalue weighted by atomic mass is 10.1. The Bertz CT molecular complexity index is 552. The van der Waals surface area contributed by atoms with Crippen LogP contribution < -0.4 is 10.1 Å². The second kappa shape index (κ2) is 6.34. The highest BCUT2D eigenvalue weighted by Gasteiger charge is 2.01. The average molecular weight is 256 g/mol. The highest BCUT2D eigenvalue weighted by Crippen LogP contribution is 2.18. The van der Waals surface area contributed by atoms with Gasteiger partial charge in [-0.05, 0) is 48.2 Å².